The van der Waals surface area contributed by atoms with E-state index < -0.39 is 0 Å². The largest absolute Gasteiger partial charge is 0.380 e. The molecular formula is C10H14OS2. The molecule has 0 spiro atoms. The lowest BCUT2D eigenvalue weighted by Gasteiger charge is -2.07. The van der Waals surface area contributed by atoms with Gasteiger partial charge in [0.2, 0.25) is 0 Å². The van der Waals surface area contributed by atoms with Crippen LogP contribution in [0.1, 0.15) is 5.56 Å². The molecule has 0 fully saturated rings. The van der Waals surface area contributed by atoms with E-state index in [9.17, 15) is 0 Å². The molecule has 0 aromatic heterocycles. The van der Waals surface area contributed by atoms with Crippen LogP contribution in [0.4, 0.5) is 0 Å². The van der Waals surface area contributed by atoms with E-state index in [2.05, 4.69) is 30.7 Å². The van der Waals surface area contributed by atoms with Crippen LogP contribution in [-0.4, -0.2) is 19.6 Å². The second-order valence-corrected chi connectivity index (χ2v) is 4.34. The van der Waals surface area contributed by atoms with Crippen molar-refractivity contribution in [1.29, 1.82) is 0 Å². The first-order valence-corrected chi connectivity index (χ1v) is 6.46. The Labute approximate surface area is 88.3 Å². The van der Waals surface area contributed by atoms with Crippen molar-refractivity contribution >= 4 is 23.5 Å². The van der Waals surface area contributed by atoms with Crippen molar-refractivity contribution in [3.8, 4) is 0 Å². The molecule has 0 saturated carbocycles. The van der Waals surface area contributed by atoms with Gasteiger partial charge in [0.25, 0.3) is 0 Å². The molecule has 0 atom stereocenters. The average molecular weight is 214 g/mol. The number of hydrogen-bond donors (Lipinski definition) is 0. The summed E-state index contributed by atoms with van der Waals surface area (Å²) in [4.78, 5) is 2.62. The Hall–Kier alpha value is -0.120. The number of rotatable bonds is 4. The zero-order valence-corrected chi connectivity index (χ0v) is 9.80. The molecule has 0 unspecified atom stereocenters. The van der Waals surface area contributed by atoms with Gasteiger partial charge in [-0.1, -0.05) is 6.07 Å². The van der Waals surface area contributed by atoms with Crippen LogP contribution in [0.3, 0.4) is 0 Å². The van der Waals surface area contributed by atoms with E-state index >= 15 is 0 Å². The first-order valence-electron chi connectivity index (χ1n) is 4.01. The van der Waals surface area contributed by atoms with E-state index in [1.807, 2.05) is 0 Å². The molecule has 72 valence electrons. The van der Waals surface area contributed by atoms with Crippen LogP contribution in [0.15, 0.2) is 28.0 Å². The standard InChI is InChI=1S/C10H14OS2/c1-11-7-8-4-5-9(12-2)6-10(8)13-3/h4-6H,7H2,1-3H3. The van der Waals surface area contributed by atoms with Crippen LogP contribution < -0.4 is 0 Å². The molecule has 1 aromatic rings. The molecule has 0 aliphatic rings. The predicted molar refractivity (Wildman–Crippen MR) is 60.7 cm³/mol. The third-order valence-corrected chi connectivity index (χ3v) is 3.34. The van der Waals surface area contributed by atoms with Gasteiger partial charge in [0, 0.05) is 16.9 Å². The van der Waals surface area contributed by atoms with E-state index in [1.54, 1.807) is 30.6 Å². The van der Waals surface area contributed by atoms with Gasteiger partial charge in [-0.3, -0.25) is 0 Å². The zero-order valence-electron chi connectivity index (χ0n) is 8.16. The van der Waals surface area contributed by atoms with E-state index in [1.165, 1.54) is 15.4 Å². The lowest BCUT2D eigenvalue weighted by molar-refractivity contribution is 0.183. The Morgan fingerprint density at radius 2 is 2.00 bits per heavy atom. The van der Waals surface area contributed by atoms with Crippen molar-refractivity contribution in [1.82, 2.24) is 0 Å². The number of hydrogen-bond acceptors (Lipinski definition) is 3. The number of benzene rings is 1. The Bertz CT molecular complexity index is 274. The molecule has 13 heavy (non-hydrogen) atoms. The molecule has 0 aliphatic carbocycles. The topological polar surface area (TPSA) is 9.23 Å². The summed E-state index contributed by atoms with van der Waals surface area (Å²) in [5.41, 5.74) is 1.27. The second-order valence-electron chi connectivity index (χ2n) is 2.61. The number of ether oxygens (including phenoxy) is 1. The van der Waals surface area contributed by atoms with Crippen LogP contribution in [-0.2, 0) is 11.3 Å². The second kappa shape index (κ2) is 5.58. The summed E-state index contributed by atoms with van der Waals surface area (Å²) in [5, 5.41) is 0. The Balaban J connectivity index is 2.93. The monoisotopic (exact) mass is 214 g/mol. The quantitative estimate of drug-likeness (QED) is 0.712. The predicted octanol–water partition coefficient (Wildman–Crippen LogP) is 3.28. The highest BCUT2D eigenvalue weighted by molar-refractivity contribution is 7.99. The van der Waals surface area contributed by atoms with Gasteiger partial charge in [-0.05, 0) is 30.2 Å². The molecule has 0 saturated heterocycles. The van der Waals surface area contributed by atoms with Crippen LogP contribution in [0, 0.1) is 0 Å². The van der Waals surface area contributed by atoms with E-state index in [4.69, 9.17) is 4.74 Å². The van der Waals surface area contributed by atoms with Crippen molar-refractivity contribution in [3.05, 3.63) is 23.8 Å². The fourth-order valence-electron chi connectivity index (χ4n) is 1.13. The summed E-state index contributed by atoms with van der Waals surface area (Å²) in [6.45, 7) is 0.699. The van der Waals surface area contributed by atoms with Crippen molar-refractivity contribution in [2.24, 2.45) is 0 Å². The van der Waals surface area contributed by atoms with Crippen molar-refractivity contribution in [2.45, 2.75) is 16.4 Å². The van der Waals surface area contributed by atoms with Gasteiger partial charge in [-0.2, -0.15) is 0 Å². The Morgan fingerprint density at radius 3 is 2.54 bits per heavy atom. The minimum atomic E-state index is 0.699. The molecule has 0 heterocycles. The van der Waals surface area contributed by atoms with Crippen LogP contribution in [0.25, 0.3) is 0 Å². The molecule has 0 amide bonds. The van der Waals surface area contributed by atoms with Gasteiger partial charge in [0.1, 0.15) is 0 Å². The fraction of sp³-hybridized carbons (Fsp3) is 0.400. The Kier molecular flexibility index (Phi) is 4.70. The smallest absolute Gasteiger partial charge is 0.0723 e. The summed E-state index contributed by atoms with van der Waals surface area (Å²) in [5.74, 6) is 0. The van der Waals surface area contributed by atoms with E-state index in [0.717, 1.165) is 0 Å². The van der Waals surface area contributed by atoms with Crippen LogP contribution >= 0.6 is 23.5 Å². The molecule has 0 radical (unpaired) electrons. The van der Waals surface area contributed by atoms with Crippen molar-refractivity contribution < 1.29 is 4.74 Å². The first-order chi connectivity index (χ1) is 6.31. The average Bonchev–Trinajstić information content (AvgIpc) is 2.19. The molecule has 1 nitrogen and oxygen atoms in total. The number of methoxy groups -OCH3 is 1. The summed E-state index contributed by atoms with van der Waals surface area (Å²) < 4.78 is 5.12. The molecular weight excluding hydrogens is 200 g/mol. The molecule has 1 rings (SSSR count). The fourth-order valence-corrected chi connectivity index (χ4v) is 2.28. The summed E-state index contributed by atoms with van der Waals surface area (Å²) in [7, 11) is 1.73. The highest BCUT2D eigenvalue weighted by atomic mass is 32.2. The number of thioether (sulfide) groups is 2. The third-order valence-electron chi connectivity index (χ3n) is 1.79. The van der Waals surface area contributed by atoms with E-state index in [-0.39, 0.29) is 0 Å². The molecule has 1 aromatic carbocycles. The van der Waals surface area contributed by atoms with Gasteiger partial charge in [0.15, 0.2) is 0 Å². The normalized spacial score (nSPS) is 10.4. The van der Waals surface area contributed by atoms with Gasteiger partial charge in [-0.25, -0.2) is 0 Å². The molecule has 3 heteroatoms. The van der Waals surface area contributed by atoms with Gasteiger partial charge in [-0.15, -0.1) is 23.5 Å². The maximum atomic E-state index is 5.12. The van der Waals surface area contributed by atoms with Gasteiger partial charge in [0.05, 0.1) is 6.61 Å². The van der Waals surface area contributed by atoms with E-state index in [0.29, 0.717) is 6.61 Å². The highest BCUT2D eigenvalue weighted by Crippen LogP contribution is 2.26. The summed E-state index contributed by atoms with van der Waals surface area (Å²) in [6, 6.07) is 6.49. The Morgan fingerprint density at radius 1 is 1.23 bits per heavy atom. The van der Waals surface area contributed by atoms with Gasteiger partial charge < -0.3 is 4.74 Å². The zero-order chi connectivity index (χ0) is 9.68. The third kappa shape index (κ3) is 2.93. The highest BCUT2D eigenvalue weighted by Gasteiger charge is 2.01. The lowest BCUT2D eigenvalue weighted by atomic mass is 10.2. The van der Waals surface area contributed by atoms with Crippen molar-refractivity contribution in [2.75, 3.05) is 19.6 Å². The lowest BCUT2D eigenvalue weighted by Crippen LogP contribution is -1.90. The minimum absolute atomic E-state index is 0.699. The van der Waals surface area contributed by atoms with Crippen LogP contribution in [0.5, 0.6) is 0 Å². The molecule has 0 N–H and O–H groups in total. The summed E-state index contributed by atoms with van der Waals surface area (Å²) in [6.07, 6.45) is 4.19. The molecule has 0 bridgehead atoms. The minimum Gasteiger partial charge on any atom is -0.380 e. The van der Waals surface area contributed by atoms with Crippen molar-refractivity contribution in [3.63, 3.8) is 0 Å². The van der Waals surface area contributed by atoms with Gasteiger partial charge >= 0.3 is 0 Å². The van der Waals surface area contributed by atoms with Crippen LogP contribution in [0.2, 0.25) is 0 Å². The maximum Gasteiger partial charge on any atom is 0.0723 e. The molecule has 0 aliphatic heterocycles. The first kappa shape index (κ1) is 11.0. The SMILES string of the molecule is COCc1ccc(SC)cc1SC. The summed E-state index contributed by atoms with van der Waals surface area (Å²) >= 11 is 3.54. The maximum absolute atomic E-state index is 5.12.